The van der Waals surface area contributed by atoms with Crippen LogP contribution in [0.1, 0.15) is 30.7 Å². The largest absolute Gasteiger partial charge is 0.477 e. The summed E-state index contributed by atoms with van der Waals surface area (Å²) in [5, 5.41) is 0. The Balaban J connectivity index is 1.59. The molecule has 0 N–H and O–H groups in total. The van der Waals surface area contributed by atoms with Crippen LogP contribution in [0.2, 0.25) is 0 Å². The van der Waals surface area contributed by atoms with Gasteiger partial charge in [-0.1, -0.05) is 24.3 Å². The molecule has 1 aliphatic heterocycles. The first-order chi connectivity index (χ1) is 13.1. The molecule has 1 aromatic carbocycles. The Morgan fingerprint density at radius 1 is 1.22 bits per heavy atom. The average Bonchev–Trinajstić information content (AvgIpc) is 2.68. The highest BCUT2D eigenvalue weighted by Gasteiger charge is 2.17. The van der Waals surface area contributed by atoms with Crippen LogP contribution in [0.5, 0.6) is 5.75 Å². The molecule has 0 radical (unpaired) electrons. The lowest BCUT2D eigenvalue weighted by Gasteiger charge is -2.28. The third-order valence-corrected chi connectivity index (χ3v) is 4.91. The van der Waals surface area contributed by atoms with Crippen molar-refractivity contribution in [3.8, 4) is 5.75 Å². The van der Waals surface area contributed by atoms with Gasteiger partial charge in [0.1, 0.15) is 12.0 Å². The zero-order chi connectivity index (χ0) is 19.2. The summed E-state index contributed by atoms with van der Waals surface area (Å²) in [7, 11) is 0. The number of rotatable bonds is 7. The maximum absolute atomic E-state index is 12.3. The van der Waals surface area contributed by atoms with Crippen molar-refractivity contribution in [2.24, 2.45) is 0 Å². The number of carbonyl (C=O) groups excluding carboxylic acids is 1. The Labute approximate surface area is 159 Å². The van der Waals surface area contributed by atoms with Gasteiger partial charge in [-0.2, -0.15) is 0 Å². The van der Waals surface area contributed by atoms with Gasteiger partial charge < -0.3 is 14.1 Å². The molecule has 3 rings (SSSR count). The summed E-state index contributed by atoms with van der Waals surface area (Å²) in [6.45, 7) is 7.23. The van der Waals surface area contributed by atoms with Crippen LogP contribution in [0.3, 0.4) is 0 Å². The summed E-state index contributed by atoms with van der Waals surface area (Å²) in [5.41, 5.74) is 2.44. The van der Waals surface area contributed by atoms with E-state index in [1.165, 1.54) is 23.5 Å². The lowest BCUT2D eigenvalue weighted by Crippen LogP contribution is -2.35. The predicted octanol–water partition coefficient (Wildman–Crippen LogP) is 2.45. The van der Waals surface area contributed by atoms with Crippen LogP contribution >= 0.6 is 0 Å². The van der Waals surface area contributed by atoms with E-state index in [1.807, 2.05) is 19.9 Å². The van der Waals surface area contributed by atoms with Gasteiger partial charge in [0.05, 0.1) is 6.54 Å². The monoisotopic (exact) mass is 370 g/mol. The highest BCUT2D eigenvalue weighted by Crippen LogP contribution is 2.20. The summed E-state index contributed by atoms with van der Waals surface area (Å²) in [6, 6.07) is 9.88. The van der Waals surface area contributed by atoms with Crippen molar-refractivity contribution in [2.75, 3.05) is 26.2 Å². The van der Waals surface area contributed by atoms with Crippen LogP contribution in [-0.2, 0) is 24.3 Å². The Morgan fingerprint density at radius 2 is 1.96 bits per heavy atom. The number of hydrogen-bond donors (Lipinski definition) is 0. The van der Waals surface area contributed by atoms with E-state index < -0.39 is 0 Å². The smallest absolute Gasteiger partial charge is 0.260 e. The van der Waals surface area contributed by atoms with E-state index in [0.29, 0.717) is 25.4 Å². The second kappa shape index (κ2) is 8.86. The molecule has 0 spiro atoms. The van der Waals surface area contributed by atoms with Crippen molar-refractivity contribution in [3.63, 3.8) is 0 Å². The summed E-state index contributed by atoms with van der Waals surface area (Å²) in [6.07, 6.45) is 2.31. The molecule has 1 amide bonds. The number of carbonyl (C=O) groups is 1. The molecular weight excluding hydrogens is 344 g/mol. The second-order valence-corrected chi connectivity index (χ2v) is 6.66. The average molecular weight is 370 g/mol. The van der Waals surface area contributed by atoms with Gasteiger partial charge >= 0.3 is 0 Å². The van der Waals surface area contributed by atoms with Crippen LogP contribution in [0.15, 0.2) is 45.8 Å². The first kappa shape index (κ1) is 19.2. The van der Waals surface area contributed by atoms with Crippen molar-refractivity contribution in [2.45, 2.75) is 33.4 Å². The van der Waals surface area contributed by atoms with E-state index in [1.54, 1.807) is 4.90 Å². The molecule has 2 aromatic rings. The number of likely N-dealkylation sites (N-methyl/N-ethyl adjacent to an activating group) is 1. The predicted molar refractivity (Wildman–Crippen MR) is 103 cm³/mol. The molecule has 0 aliphatic carbocycles. The Kier molecular flexibility index (Phi) is 6.29. The molecule has 0 unspecified atom stereocenters. The highest BCUT2D eigenvalue weighted by atomic mass is 16.5. The zero-order valence-corrected chi connectivity index (χ0v) is 15.9. The van der Waals surface area contributed by atoms with Crippen LogP contribution in [-0.4, -0.2) is 41.9 Å². The van der Waals surface area contributed by atoms with Gasteiger partial charge in [0.25, 0.3) is 5.91 Å². The van der Waals surface area contributed by atoms with E-state index in [2.05, 4.69) is 23.1 Å². The quantitative estimate of drug-likeness (QED) is 0.749. The molecule has 0 saturated carbocycles. The number of nitrogens with zero attached hydrogens (tertiary/aromatic N) is 2. The lowest BCUT2D eigenvalue weighted by molar-refractivity contribution is -0.133. The topological polar surface area (TPSA) is 63.0 Å². The van der Waals surface area contributed by atoms with Gasteiger partial charge in [-0.15, -0.1) is 0 Å². The molecule has 27 heavy (non-hydrogen) atoms. The number of fused-ring (bicyclic) bond motifs is 1. The van der Waals surface area contributed by atoms with Crippen LogP contribution in [0, 0.1) is 0 Å². The van der Waals surface area contributed by atoms with Gasteiger partial charge in [0, 0.05) is 32.2 Å². The van der Waals surface area contributed by atoms with Crippen molar-refractivity contribution < 1.29 is 13.9 Å². The normalized spacial score (nSPS) is 13.9. The Bertz CT molecular complexity index is 842. The summed E-state index contributed by atoms with van der Waals surface area (Å²) < 4.78 is 10.9. The zero-order valence-electron chi connectivity index (χ0n) is 15.9. The Hall–Kier alpha value is -2.60. The van der Waals surface area contributed by atoms with E-state index in [4.69, 9.17) is 9.15 Å². The minimum absolute atomic E-state index is 0.0724. The molecule has 6 heteroatoms. The van der Waals surface area contributed by atoms with Gasteiger partial charge in [-0.05, 0) is 31.4 Å². The lowest BCUT2D eigenvalue weighted by atomic mass is 10.00. The summed E-state index contributed by atoms with van der Waals surface area (Å²) in [5.74, 6) is 0.528. The van der Waals surface area contributed by atoms with Crippen LogP contribution in [0.4, 0.5) is 0 Å². The maximum Gasteiger partial charge on any atom is 0.260 e. The number of amides is 1. The minimum Gasteiger partial charge on any atom is -0.477 e. The fourth-order valence-electron chi connectivity index (χ4n) is 3.34. The summed E-state index contributed by atoms with van der Waals surface area (Å²) in [4.78, 5) is 28.2. The molecule has 0 atom stereocenters. The molecule has 0 bridgehead atoms. The van der Waals surface area contributed by atoms with Crippen molar-refractivity contribution >= 4 is 5.91 Å². The second-order valence-electron chi connectivity index (χ2n) is 6.66. The van der Waals surface area contributed by atoms with E-state index in [0.717, 1.165) is 19.5 Å². The van der Waals surface area contributed by atoms with Gasteiger partial charge in [-0.25, -0.2) is 0 Å². The van der Waals surface area contributed by atoms with Gasteiger partial charge in [0.2, 0.25) is 11.2 Å². The fraction of sp³-hybridized carbons (Fsp3) is 0.429. The van der Waals surface area contributed by atoms with E-state index in [-0.39, 0.29) is 23.7 Å². The van der Waals surface area contributed by atoms with Crippen molar-refractivity contribution in [1.29, 1.82) is 0 Å². The first-order valence-electron chi connectivity index (χ1n) is 9.42. The molecule has 1 aliphatic rings. The maximum atomic E-state index is 12.3. The molecule has 1 aromatic heterocycles. The summed E-state index contributed by atoms with van der Waals surface area (Å²) >= 11 is 0. The molecule has 6 nitrogen and oxygen atoms in total. The van der Waals surface area contributed by atoms with Crippen LogP contribution in [0.25, 0.3) is 0 Å². The van der Waals surface area contributed by atoms with E-state index >= 15 is 0 Å². The molecule has 2 heterocycles. The highest BCUT2D eigenvalue weighted by molar-refractivity contribution is 5.77. The fourth-order valence-corrected chi connectivity index (χ4v) is 3.34. The number of hydrogen-bond acceptors (Lipinski definition) is 5. The number of ether oxygens (including phenoxy) is 1. The standard InChI is InChI=1S/C21H26N2O4/c1-3-23(4-2)21(25)15-27-20-14-26-18(11-19(20)24)13-22-10-9-16-7-5-6-8-17(16)12-22/h5-8,11,14H,3-4,9-10,12-13,15H2,1-2H3. The van der Waals surface area contributed by atoms with Gasteiger partial charge in [-0.3, -0.25) is 14.5 Å². The molecular formula is C21H26N2O4. The molecule has 0 fully saturated rings. The van der Waals surface area contributed by atoms with Crippen molar-refractivity contribution in [1.82, 2.24) is 9.80 Å². The Morgan fingerprint density at radius 3 is 2.67 bits per heavy atom. The SMILES string of the molecule is CCN(CC)C(=O)COc1coc(CN2CCc3ccccc3C2)cc1=O. The third kappa shape index (κ3) is 4.77. The first-order valence-corrected chi connectivity index (χ1v) is 9.42. The van der Waals surface area contributed by atoms with Gasteiger partial charge in [0.15, 0.2) is 6.61 Å². The van der Waals surface area contributed by atoms with Crippen molar-refractivity contribution in [3.05, 3.63) is 63.7 Å². The molecule has 144 valence electrons. The molecule has 0 saturated heterocycles. The third-order valence-electron chi connectivity index (χ3n) is 4.91. The van der Waals surface area contributed by atoms with E-state index in [9.17, 15) is 9.59 Å². The number of benzene rings is 1. The minimum atomic E-state index is -0.263. The van der Waals surface area contributed by atoms with Crippen LogP contribution < -0.4 is 10.2 Å².